The first-order valence-corrected chi connectivity index (χ1v) is 15.1. The number of ether oxygens (including phenoxy) is 3. The van der Waals surface area contributed by atoms with Gasteiger partial charge in [0.2, 0.25) is 5.78 Å². The second kappa shape index (κ2) is 9.63. The van der Waals surface area contributed by atoms with Crippen molar-refractivity contribution >= 4 is 17.5 Å². The molecular formula is C32H44O7. The van der Waals surface area contributed by atoms with Crippen molar-refractivity contribution in [1.29, 1.82) is 0 Å². The molecule has 7 heteroatoms. The van der Waals surface area contributed by atoms with Crippen molar-refractivity contribution in [2.45, 2.75) is 110 Å². The molecule has 1 heterocycles. The largest absolute Gasteiger partial charge is 0.457 e. The normalized spacial score (nSPS) is 47.5. The molecule has 9 atom stereocenters. The Balaban J connectivity index is 1.38. The second-order valence-electron chi connectivity index (χ2n) is 13.7. The van der Waals surface area contributed by atoms with E-state index in [0.717, 1.165) is 50.5 Å². The quantitative estimate of drug-likeness (QED) is 0.504. The molecular weight excluding hydrogens is 496 g/mol. The molecule has 5 fully saturated rings. The standard InChI is InChI=1S/C32H44O7/c1-18(2)28(36)37-17-25(35)32-26(38-29(39-32)19-8-6-5-7-9-19)15-23-22-11-10-20-14-21(33)12-13-30(20,3)27(22)24(34)16-31(23,32)4/h12-14,18-19,22-24,26-27,29,34H,5-11,15-17H2,1-4H3/t22-,23-,24-,26+,27+,29+,30-,31-,32+/m0/s1/i29D. The summed E-state index contributed by atoms with van der Waals surface area (Å²) >= 11 is 0. The van der Waals surface area contributed by atoms with Gasteiger partial charge < -0.3 is 19.3 Å². The molecule has 4 saturated carbocycles. The Bertz CT molecular complexity index is 1160. The molecule has 0 radical (unpaired) electrons. The van der Waals surface area contributed by atoms with Gasteiger partial charge in [-0.1, -0.05) is 58.6 Å². The molecule has 0 unspecified atom stereocenters. The minimum Gasteiger partial charge on any atom is -0.457 e. The number of allylic oxidation sites excluding steroid dienone is 4. The zero-order valence-electron chi connectivity index (χ0n) is 24.7. The van der Waals surface area contributed by atoms with Gasteiger partial charge in [0.1, 0.15) is 0 Å². The smallest absolute Gasteiger partial charge is 0.308 e. The number of aliphatic hydroxyl groups excluding tert-OH is 1. The molecule has 7 nitrogen and oxygen atoms in total. The SMILES string of the molecule is [2H][C@@]1(C2CCCCC2)O[C@@H]2C[C@H]3[C@@H]4CCC5=CC(=O)C=C[C@]5(C)[C@H]4[C@@H](O)C[C@]3(C)[C@]2(C(=O)COC(=O)C(C)C)O1. The average molecular weight is 542 g/mol. The zero-order valence-corrected chi connectivity index (χ0v) is 23.7. The van der Waals surface area contributed by atoms with Crippen molar-refractivity contribution < 1.29 is 35.1 Å². The maximum absolute atomic E-state index is 14.3. The maximum Gasteiger partial charge on any atom is 0.308 e. The van der Waals surface area contributed by atoms with E-state index in [2.05, 4.69) is 6.92 Å². The average Bonchev–Trinajstić information content (AvgIpc) is 3.35. The summed E-state index contributed by atoms with van der Waals surface area (Å²) < 4.78 is 28.1. The van der Waals surface area contributed by atoms with Gasteiger partial charge in [0.25, 0.3) is 0 Å². The molecule has 0 aromatic carbocycles. The van der Waals surface area contributed by atoms with E-state index < -0.39 is 47.5 Å². The number of ketones is 2. The number of carbonyl (C=O) groups excluding carboxylic acids is 3. The Morgan fingerprint density at radius 3 is 2.67 bits per heavy atom. The fraction of sp³-hybridized carbons (Fsp3) is 0.781. The molecule has 0 aromatic rings. The fourth-order valence-electron chi connectivity index (χ4n) is 9.42. The highest BCUT2D eigenvalue weighted by Crippen LogP contribution is 2.70. The van der Waals surface area contributed by atoms with Crippen molar-refractivity contribution in [2.24, 2.45) is 40.4 Å². The number of rotatable bonds is 5. The third kappa shape index (κ3) is 3.97. The van der Waals surface area contributed by atoms with Crippen LogP contribution in [-0.2, 0) is 28.6 Å². The first kappa shape index (κ1) is 26.1. The summed E-state index contributed by atoms with van der Waals surface area (Å²) in [5.74, 6) is -1.33. The van der Waals surface area contributed by atoms with E-state index in [9.17, 15) is 20.9 Å². The van der Waals surface area contributed by atoms with Crippen LogP contribution in [0.25, 0.3) is 0 Å². The first-order valence-electron chi connectivity index (χ1n) is 15.6. The van der Waals surface area contributed by atoms with Crippen molar-refractivity contribution in [2.75, 3.05) is 6.61 Å². The topological polar surface area (TPSA) is 99.1 Å². The molecule has 1 N–H and O–H groups in total. The van der Waals surface area contributed by atoms with Crippen LogP contribution in [-0.4, -0.2) is 53.3 Å². The van der Waals surface area contributed by atoms with Gasteiger partial charge in [-0.3, -0.25) is 14.4 Å². The molecule has 0 amide bonds. The van der Waals surface area contributed by atoms with Gasteiger partial charge in [0.05, 0.1) is 19.5 Å². The third-order valence-corrected chi connectivity index (χ3v) is 11.3. The lowest BCUT2D eigenvalue weighted by atomic mass is 9.46. The van der Waals surface area contributed by atoms with Crippen LogP contribution < -0.4 is 0 Å². The van der Waals surface area contributed by atoms with Gasteiger partial charge in [-0.25, -0.2) is 0 Å². The molecule has 6 aliphatic rings. The Kier molecular flexibility index (Phi) is 6.44. The van der Waals surface area contributed by atoms with Crippen molar-refractivity contribution in [3.63, 3.8) is 0 Å². The fourth-order valence-corrected chi connectivity index (χ4v) is 9.42. The number of hydrogen-bond donors (Lipinski definition) is 1. The van der Waals surface area contributed by atoms with Crippen LogP contribution in [0.4, 0.5) is 0 Å². The molecule has 1 saturated heterocycles. The molecule has 5 aliphatic carbocycles. The number of hydrogen-bond acceptors (Lipinski definition) is 7. The van der Waals surface area contributed by atoms with E-state index >= 15 is 0 Å². The molecule has 6 rings (SSSR count). The predicted molar refractivity (Wildman–Crippen MR) is 143 cm³/mol. The summed E-state index contributed by atoms with van der Waals surface area (Å²) in [6, 6.07) is 0. The highest BCUT2D eigenvalue weighted by molar-refractivity contribution is 6.01. The monoisotopic (exact) mass is 541 g/mol. The summed E-state index contributed by atoms with van der Waals surface area (Å²) in [4.78, 5) is 38.8. The molecule has 0 aromatic heterocycles. The highest BCUT2D eigenvalue weighted by Gasteiger charge is 2.76. The van der Waals surface area contributed by atoms with Gasteiger partial charge >= 0.3 is 5.97 Å². The van der Waals surface area contributed by atoms with E-state index in [1.165, 1.54) is 0 Å². The van der Waals surface area contributed by atoms with Gasteiger partial charge in [-0.05, 0) is 62.5 Å². The van der Waals surface area contributed by atoms with Crippen LogP contribution in [0.5, 0.6) is 0 Å². The third-order valence-electron chi connectivity index (χ3n) is 11.3. The van der Waals surface area contributed by atoms with Crippen molar-refractivity contribution in [3.05, 3.63) is 23.8 Å². The zero-order chi connectivity index (χ0) is 28.7. The van der Waals surface area contributed by atoms with Gasteiger partial charge in [0.15, 0.2) is 24.3 Å². The number of carbonyl (C=O) groups is 3. The van der Waals surface area contributed by atoms with Crippen LogP contribution >= 0.6 is 0 Å². The predicted octanol–water partition coefficient (Wildman–Crippen LogP) is 4.70. The number of esters is 1. The Labute approximate surface area is 233 Å². The summed E-state index contributed by atoms with van der Waals surface area (Å²) in [6.45, 7) is 7.18. The van der Waals surface area contributed by atoms with Crippen LogP contribution in [0.15, 0.2) is 23.8 Å². The lowest BCUT2D eigenvalue weighted by Crippen LogP contribution is -2.63. The Morgan fingerprint density at radius 2 is 1.95 bits per heavy atom. The summed E-state index contributed by atoms with van der Waals surface area (Å²) in [7, 11) is 0. The first-order chi connectivity index (χ1) is 18.9. The summed E-state index contributed by atoms with van der Waals surface area (Å²) in [6.07, 6.45) is 9.49. The molecule has 0 spiro atoms. The van der Waals surface area contributed by atoms with Crippen LogP contribution in [0, 0.1) is 40.4 Å². The summed E-state index contributed by atoms with van der Waals surface area (Å²) in [5, 5.41) is 11.9. The minimum atomic E-state index is -1.64. The van der Waals surface area contributed by atoms with Crippen LogP contribution in [0.3, 0.4) is 0 Å². The van der Waals surface area contributed by atoms with Crippen LogP contribution in [0.2, 0.25) is 0 Å². The lowest BCUT2D eigenvalue weighted by Gasteiger charge is -2.59. The Morgan fingerprint density at radius 1 is 1.21 bits per heavy atom. The number of aliphatic hydroxyl groups is 1. The number of Topliss-reactive ketones (excluding diaryl/α,β-unsaturated/α-hetero) is 1. The van der Waals surface area contributed by atoms with E-state index in [4.69, 9.17) is 14.2 Å². The van der Waals surface area contributed by atoms with Crippen molar-refractivity contribution in [3.8, 4) is 0 Å². The van der Waals surface area contributed by atoms with Gasteiger partial charge in [-0.2, -0.15) is 0 Å². The molecule has 39 heavy (non-hydrogen) atoms. The van der Waals surface area contributed by atoms with Gasteiger partial charge in [-0.15, -0.1) is 0 Å². The highest BCUT2D eigenvalue weighted by atomic mass is 16.7. The van der Waals surface area contributed by atoms with E-state index in [1.807, 2.05) is 13.0 Å². The van der Waals surface area contributed by atoms with E-state index in [0.29, 0.717) is 12.8 Å². The number of fused-ring (bicyclic) bond motifs is 7. The van der Waals surface area contributed by atoms with Crippen LogP contribution in [0.1, 0.15) is 86.9 Å². The van der Waals surface area contributed by atoms with Crippen molar-refractivity contribution in [1.82, 2.24) is 0 Å². The van der Waals surface area contributed by atoms with E-state index in [-0.39, 0.29) is 41.2 Å². The molecule has 0 bridgehead atoms. The second-order valence-corrected chi connectivity index (χ2v) is 13.7. The minimum absolute atomic E-state index is 0.00625. The maximum atomic E-state index is 14.3. The Hall–Kier alpha value is -1.83. The summed E-state index contributed by atoms with van der Waals surface area (Å²) in [5.41, 5.74) is -1.64. The molecule has 1 aliphatic heterocycles. The molecule has 214 valence electrons. The lowest BCUT2D eigenvalue weighted by molar-refractivity contribution is -0.210. The van der Waals surface area contributed by atoms with E-state index in [1.54, 1.807) is 26.0 Å². The van der Waals surface area contributed by atoms with Gasteiger partial charge in [0, 0.05) is 22.7 Å².